The SMILES string of the molecule is Cc1nnc(N2CCN(C(=O)COc3cc(C)c(Cl)c(C)c3)CC2)s1. The molecule has 1 saturated heterocycles. The van der Waals surface area contributed by atoms with E-state index in [1.54, 1.807) is 11.3 Å². The Labute approximate surface area is 156 Å². The van der Waals surface area contributed by atoms with Crippen LogP contribution in [0.3, 0.4) is 0 Å². The van der Waals surface area contributed by atoms with Gasteiger partial charge in [0.2, 0.25) is 5.13 Å². The molecule has 1 fully saturated rings. The molecule has 1 aliphatic heterocycles. The number of carbonyl (C=O) groups is 1. The van der Waals surface area contributed by atoms with E-state index in [0.717, 1.165) is 39.4 Å². The maximum Gasteiger partial charge on any atom is 0.260 e. The van der Waals surface area contributed by atoms with Gasteiger partial charge in [0.05, 0.1) is 0 Å². The Balaban J connectivity index is 1.51. The van der Waals surface area contributed by atoms with Crippen LogP contribution < -0.4 is 9.64 Å². The largest absolute Gasteiger partial charge is 0.484 e. The molecule has 3 rings (SSSR count). The zero-order valence-electron chi connectivity index (χ0n) is 14.6. The normalized spacial score (nSPS) is 14.7. The summed E-state index contributed by atoms with van der Waals surface area (Å²) in [6, 6.07) is 3.72. The zero-order chi connectivity index (χ0) is 18.0. The van der Waals surface area contributed by atoms with E-state index in [-0.39, 0.29) is 12.5 Å². The van der Waals surface area contributed by atoms with Gasteiger partial charge in [0.1, 0.15) is 10.8 Å². The second-order valence-electron chi connectivity index (χ2n) is 6.13. The van der Waals surface area contributed by atoms with Gasteiger partial charge in [0.15, 0.2) is 6.61 Å². The average Bonchev–Trinajstić information content (AvgIpc) is 3.04. The van der Waals surface area contributed by atoms with E-state index in [1.807, 2.05) is 37.8 Å². The Kier molecular flexibility index (Phi) is 5.44. The topological polar surface area (TPSA) is 58.6 Å². The van der Waals surface area contributed by atoms with Crippen LogP contribution in [0.1, 0.15) is 16.1 Å². The van der Waals surface area contributed by atoms with E-state index in [4.69, 9.17) is 16.3 Å². The summed E-state index contributed by atoms with van der Waals surface area (Å²) >= 11 is 7.74. The number of anilines is 1. The fourth-order valence-electron chi connectivity index (χ4n) is 2.79. The van der Waals surface area contributed by atoms with E-state index >= 15 is 0 Å². The molecule has 1 aromatic carbocycles. The molecular formula is C17H21ClN4O2S. The second-order valence-corrected chi connectivity index (χ2v) is 7.67. The number of benzene rings is 1. The number of nitrogens with zero attached hydrogens (tertiary/aromatic N) is 4. The summed E-state index contributed by atoms with van der Waals surface area (Å²) in [6.07, 6.45) is 0. The van der Waals surface area contributed by atoms with Gasteiger partial charge in [-0.15, -0.1) is 10.2 Å². The smallest absolute Gasteiger partial charge is 0.260 e. The lowest BCUT2D eigenvalue weighted by molar-refractivity contribution is -0.133. The zero-order valence-corrected chi connectivity index (χ0v) is 16.2. The van der Waals surface area contributed by atoms with Crippen molar-refractivity contribution in [1.29, 1.82) is 0 Å². The maximum atomic E-state index is 12.4. The van der Waals surface area contributed by atoms with Crippen LogP contribution in [0.5, 0.6) is 5.75 Å². The predicted octanol–water partition coefficient (Wildman–Crippen LogP) is 2.84. The van der Waals surface area contributed by atoms with E-state index in [1.165, 1.54) is 0 Å². The number of carbonyl (C=O) groups excluding carboxylic acids is 1. The van der Waals surface area contributed by atoms with Crippen LogP contribution in [0, 0.1) is 20.8 Å². The Morgan fingerprint density at radius 3 is 2.36 bits per heavy atom. The molecule has 0 spiro atoms. The molecule has 134 valence electrons. The lowest BCUT2D eigenvalue weighted by atomic mass is 10.1. The number of aryl methyl sites for hydroxylation is 3. The first-order valence-electron chi connectivity index (χ1n) is 8.16. The summed E-state index contributed by atoms with van der Waals surface area (Å²) in [5.74, 6) is 0.675. The molecular weight excluding hydrogens is 360 g/mol. The standard InChI is InChI=1S/C17H21ClN4O2S/c1-11-8-14(9-12(2)16(11)18)24-10-15(23)21-4-6-22(7-5-21)17-20-19-13(3)25-17/h8-9H,4-7,10H2,1-3H3. The summed E-state index contributed by atoms with van der Waals surface area (Å²) < 4.78 is 5.67. The number of rotatable bonds is 4. The van der Waals surface area contributed by atoms with Gasteiger partial charge in [-0.05, 0) is 44.0 Å². The summed E-state index contributed by atoms with van der Waals surface area (Å²) in [7, 11) is 0. The molecule has 1 aliphatic rings. The van der Waals surface area contributed by atoms with E-state index in [2.05, 4.69) is 15.1 Å². The quantitative estimate of drug-likeness (QED) is 0.816. The van der Waals surface area contributed by atoms with Crippen LogP contribution in [-0.4, -0.2) is 53.8 Å². The molecule has 0 aliphatic carbocycles. The van der Waals surface area contributed by atoms with Crippen LogP contribution in [0.4, 0.5) is 5.13 Å². The van der Waals surface area contributed by atoms with Gasteiger partial charge >= 0.3 is 0 Å². The molecule has 0 N–H and O–H groups in total. The molecule has 2 heterocycles. The fraction of sp³-hybridized carbons (Fsp3) is 0.471. The monoisotopic (exact) mass is 380 g/mol. The van der Waals surface area contributed by atoms with Crippen LogP contribution in [-0.2, 0) is 4.79 Å². The van der Waals surface area contributed by atoms with Gasteiger partial charge in [0, 0.05) is 31.2 Å². The van der Waals surface area contributed by atoms with Crippen molar-refractivity contribution in [3.8, 4) is 5.75 Å². The van der Waals surface area contributed by atoms with Gasteiger partial charge in [-0.3, -0.25) is 4.79 Å². The fourth-order valence-corrected chi connectivity index (χ4v) is 3.64. The summed E-state index contributed by atoms with van der Waals surface area (Å²) in [6.45, 7) is 8.70. The summed E-state index contributed by atoms with van der Waals surface area (Å²) in [5.41, 5.74) is 1.90. The number of amides is 1. The number of piperazine rings is 1. The number of aromatic nitrogens is 2. The van der Waals surface area contributed by atoms with Crippen molar-refractivity contribution >= 4 is 34.0 Å². The van der Waals surface area contributed by atoms with Gasteiger partial charge in [-0.2, -0.15) is 0 Å². The number of ether oxygens (including phenoxy) is 1. The van der Waals surface area contributed by atoms with Gasteiger partial charge in [-0.25, -0.2) is 0 Å². The van der Waals surface area contributed by atoms with Crippen LogP contribution in [0.2, 0.25) is 5.02 Å². The second kappa shape index (κ2) is 7.58. The van der Waals surface area contributed by atoms with Crippen LogP contribution in [0.25, 0.3) is 0 Å². The lowest BCUT2D eigenvalue weighted by Crippen LogP contribution is -2.50. The molecule has 8 heteroatoms. The third kappa shape index (κ3) is 4.22. The molecule has 0 saturated carbocycles. The van der Waals surface area contributed by atoms with Crippen molar-refractivity contribution in [1.82, 2.24) is 15.1 Å². The molecule has 1 aromatic heterocycles. The number of hydrogen-bond acceptors (Lipinski definition) is 6. The molecule has 1 amide bonds. The third-order valence-electron chi connectivity index (χ3n) is 4.19. The highest BCUT2D eigenvalue weighted by molar-refractivity contribution is 7.15. The van der Waals surface area contributed by atoms with Crippen LogP contribution in [0.15, 0.2) is 12.1 Å². The molecule has 6 nitrogen and oxygen atoms in total. The highest BCUT2D eigenvalue weighted by Crippen LogP contribution is 2.26. The van der Waals surface area contributed by atoms with Crippen LogP contribution >= 0.6 is 22.9 Å². The van der Waals surface area contributed by atoms with Crippen molar-refractivity contribution in [3.05, 3.63) is 33.3 Å². The van der Waals surface area contributed by atoms with Gasteiger partial charge in [0.25, 0.3) is 5.91 Å². The minimum Gasteiger partial charge on any atom is -0.484 e. The van der Waals surface area contributed by atoms with E-state index < -0.39 is 0 Å². The molecule has 25 heavy (non-hydrogen) atoms. The van der Waals surface area contributed by atoms with E-state index in [0.29, 0.717) is 18.8 Å². The molecule has 0 radical (unpaired) electrons. The summed E-state index contributed by atoms with van der Waals surface area (Å²) in [4.78, 5) is 16.4. The third-order valence-corrected chi connectivity index (χ3v) is 5.69. The lowest BCUT2D eigenvalue weighted by Gasteiger charge is -2.34. The van der Waals surface area contributed by atoms with E-state index in [9.17, 15) is 4.79 Å². The molecule has 0 unspecified atom stereocenters. The predicted molar refractivity (Wildman–Crippen MR) is 99.9 cm³/mol. The molecule has 0 bridgehead atoms. The Morgan fingerprint density at radius 2 is 1.80 bits per heavy atom. The van der Waals surface area contributed by atoms with Crippen molar-refractivity contribution in [2.24, 2.45) is 0 Å². The number of hydrogen-bond donors (Lipinski definition) is 0. The summed E-state index contributed by atoms with van der Waals surface area (Å²) in [5, 5.41) is 10.8. The van der Waals surface area contributed by atoms with Gasteiger partial charge in [-0.1, -0.05) is 22.9 Å². The highest BCUT2D eigenvalue weighted by atomic mass is 35.5. The Morgan fingerprint density at radius 1 is 1.16 bits per heavy atom. The van der Waals surface area contributed by atoms with Crippen molar-refractivity contribution in [3.63, 3.8) is 0 Å². The maximum absolute atomic E-state index is 12.4. The first-order chi connectivity index (χ1) is 11.9. The average molecular weight is 381 g/mol. The first-order valence-corrected chi connectivity index (χ1v) is 9.36. The molecule has 0 atom stereocenters. The molecule has 2 aromatic rings. The van der Waals surface area contributed by atoms with Crippen molar-refractivity contribution in [2.75, 3.05) is 37.7 Å². The minimum absolute atomic E-state index is 0.00153. The Hall–Kier alpha value is -1.86. The minimum atomic E-state index is -0.00153. The van der Waals surface area contributed by atoms with Crippen molar-refractivity contribution in [2.45, 2.75) is 20.8 Å². The first kappa shape index (κ1) is 17.9. The Bertz CT molecular complexity index is 749. The highest BCUT2D eigenvalue weighted by Gasteiger charge is 2.23. The number of halogens is 1. The van der Waals surface area contributed by atoms with Crippen molar-refractivity contribution < 1.29 is 9.53 Å². The van der Waals surface area contributed by atoms with Gasteiger partial charge < -0.3 is 14.5 Å².